The third-order valence-electron chi connectivity index (χ3n) is 3.08. The van der Waals surface area contributed by atoms with Gasteiger partial charge in [0.05, 0.1) is 5.75 Å². The Hall–Kier alpha value is -0.470. The fraction of sp³-hybridized carbons (Fsp3) is 0.909. The van der Waals surface area contributed by atoms with Crippen molar-refractivity contribution >= 4 is 27.7 Å². The quantitative estimate of drug-likeness (QED) is 0.425. The van der Waals surface area contributed by atoms with Gasteiger partial charge in [0.1, 0.15) is 0 Å². The second kappa shape index (κ2) is 7.96. The molecule has 0 aliphatic carbocycles. The first-order chi connectivity index (χ1) is 8.97. The number of nitrogens with two attached hydrogens (primary N) is 1. The molecule has 19 heavy (non-hydrogen) atoms. The molecule has 0 aromatic carbocycles. The van der Waals surface area contributed by atoms with Crippen LogP contribution in [0.4, 0.5) is 0 Å². The van der Waals surface area contributed by atoms with Gasteiger partial charge in [-0.05, 0) is 13.3 Å². The van der Waals surface area contributed by atoms with Crippen molar-refractivity contribution in [1.82, 2.24) is 9.21 Å². The fourth-order valence-corrected chi connectivity index (χ4v) is 3.49. The number of rotatable bonds is 6. The molecule has 1 saturated heterocycles. The lowest BCUT2D eigenvalue weighted by Crippen LogP contribution is -2.42. The summed E-state index contributed by atoms with van der Waals surface area (Å²) >= 11 is 1.93. The normalized spacial score (nSPS) is 18.1. The van der Waals surface area contributed by atoms with E-state index in [1.165, 1.54) is 4.31 Å². The van der Waals surface area contributed by atoms with E-state index in [9.17, 15) is 8.42 Å². The van der Waals surface area contributed by atoms with Gasteiger partial charge in [-0.2, -0.15) is 11.8 Å². The van der Waals surface area contributed by atoms with Crippen molar-refractivity contribution in [2.75, 3.05) is 50.5 Å². The maximum atomic E-state index is 11.5. The van der Waals surface area contributed by atoms with Crippen molar-refractivity contribution in [3.63, 3.8) is 0 Å². The molecule has 1 heterocycles. The smallest absolute Gasteiger partial charge is 0.213 e. The summed E-state index contributed by atoms with van der Waals surface area (Å²) in [4.78, 5) is 6.40. The Kier molecular flexibility index (Phi) is 6.95. The van der Waals surface area contributed by atoms with E-state index in [0.717, 1.165) is 24.6 Å². The molecule has 8 heteroatoms. The van der Waals surface area contributed by atoms with E-state index in [0.29, 0.717) is 25.5 Å². The molecule has 0 atom stereocenters. The zero-order valence-corrected chi connectivity index (χ0v) is 13.3. The SMILES string of the molecule is CCS(=O)(=O)N(C)CCCN=C(N)N1CCSCC1. The minimum Gasteiger partial charge on any atom is -0.370 e. The molecule has 0 spiro atoms. The number of hydrogen-bond acceptors (Lipinski definition) is 4. The zero-order chi connectivity index (χ0) is 14.3. The van der Waals surface area contributed by atoms with Gasteiger partial charge < -0.3 is 10.6 Å². The van der Waals surface area contributed by atoms with Crippen LogP contribution in [0.1, 0.15) is 13.3 Å². The van der Waals surface area contributed by atoms with Crippen LogP contribution in [0.15, 0.2) is 4.99 Å². The molecule has 0 aromatic heterocycles. The third kappa shape index (κ3) is 5.58. The summed E-state index contributed by atoms with van der Waals surface area (Å²) in [6.07, 6.45) is 0.693. The van der Waals surface area contributed by atoms with E-state index >= 15 is 0 Å². The second-order valence-corrected chi connectivity index (χ2v) is 8.00. The zero-order valence-electron chi connectivity index (χ0n) is 11.7. The van der Waals surface area contributed by atoms with Gasteiger partial charge in [0.2, 0.25) is 10.0 Å². The van der Waals surface area contributed by atoms with Gasteiger partial charge in [-0.3, -0.25) is 4.99 Å². The summed E-state index contributed by atoms with van der Waals surface area (Å²) in [6, 6.07) is 0. The van der Waals surface area contributed by atoms with Crippen LogP contribution in [0.5, 0.6) is 0 Å². The van der Waals surface area contributed by atoms with Gasteiger partial charge in [0.15, 0.2) is 5.96 Å². The molecule has 6 nitrogen and oxygen atoms in total. The van der Waals surface area contributed by atoms with Crippen LogP contribution >= 0.6 is 11.8 Å². The lowest BCUT2D eigenvalue weighted by atomic mass is 10.4. The third-order valence-corrected chi connectivity index (χ3v) is 5.88. The van der Waals surface area contributed by atoms with Gasteiger partial charge in [-0.1, -0.05) is 0 Å². The topological polar surface area (TPSA) is 79.0 Å². The van der Waals surface area contributed by atoms with E-state index in [1.807, 2.05) is 11.8 Å². The molecule has 0 amide bonds. The van der Waals surface area contributed by atoms with Crippen LogP contribution in [0, 0.1) is 0 Å². The number of thioether (sulfide) groups is 1. The average Bonchev–Trinajstić information content (AvgIpc) is 2.43. The number of hydrogen-bond donors (Lipinski definition) is 1. The predicted octanol–water partition coefficient (Wildman–Crippen LogP) is 0.0215. The molecule has 2 N–H and O–H groups in total. The molecular weight excluding hydrogens is 284 g/mol. The van der Waals surface area contributed by atoms with Gasteiger partial charge >= 0.3 is 0 Å². The predicted molar refractivity (Wildman–Crippen MR) is 82.1 cm³/mol. The Morgan fingerprint density at radius 2 is 2.05 bits per heavy atom. The van der Waals surface area contributed by atoms with Gasteiger partial charge in [0, 0.05) is 44.7 Å². The van der Waals surface area contributed by atoms with Crippen LogP contribution < -0.4 is 5.73 Å². The summed E-state index contributed by atoms with van der Waals surface area (Å²) in [5, 5.41) is 0. The van der Waals surface area contributed by atoms with E-state index in [-0.39, 0.29) is 5.75 Å². The highest BCUT2D eigenvalue weighted by atomic mass is 32.2. The number of aliphatic imine (C=N–C) groups is 1. The molecule has 0 aromatic rings. The molecule has 1 fully saturated rings. The first-order valence-corrected chi connectivity index (χ1v) is 9.30. The van der Waals surface area contributed by atoms with E-state index in [2.05, 4.69) is 9.89 Å². The molecule has 1 aliphatic heterocycles. The van der Waals surface area contributed by atoms with Crippen molar-refractivity contribution in [2.24, 2.45) is 10.7 Å². The van der Waals surface area contributed by atoms with E-state index in [4.69, 9.17) is 5.73 Å². The van der Waals surface area contributed by atoms with Crippen molar-refractivity contribution < 1.29 is 8.42 Å². The largest absolute Gasteiger partial charge is 0.370 e. The van der Waals surface area contributed by atoms with Crippen LogP contribution in [0.25, 0.3) is 0 Å². The van der Waals surface area contributed by atoms with Crippen LogP contribution in [-0.4, -0.2) is 74.1 Å². The molecule has 0 bridgehead atoms. The number of nitrogens with zero attached hydrogens (tertiary/aromatic N) is 3. The highest BCUT2D eigenvalue weighted by Crippen LogP contribution is 2.08. The summed E-state index contributed by atoms with van der Waals surface area (Å²) in [6.45, 7) is 4.60. The Balaban J connectivity index is 2.29. The van der Waals surface area contributed by atoms with Crippen molar-refractivity contribution in [3.05, 3.63) is 0 Å². The monoisotopic (exact) mass is 308 g/mol. The van der Waals surface area contributed by atoms with Gasteiger partial charge in [-0.25, -0.2) is 12.7 Å². The lowest BCUT2D eigenvalue weighted by Gasteiger charge is -2.27. The average molecular weight is 308 g/mol. The van der Waals surface area contributed by atoms with Gasteiger partial charge in [0.25, 0.3) is 0 Å². The molecule has 1 aliphatic rings. The van der Waals surface area contributed by atoms with Crippen LogP contribution in [0.3, 0.4) is 0 Å². The summed E-state index contributed by atoms with van der Waals surface area (Å²) in [5.41, 5.74) is 5.91. The minimum atomic E-state index is -3.08. The van der Waals surface area contributed by atoms with Gasteiger partial charge in [-0.15, -0.1) is 0 Å². The first-order valence-electron chi connectivity index (χ1n) is 6.54. The van der Waals surface area contributed by atoms with E-state index < -0.39 is 10.0 Å². The Morgan fingerprint density at radius 1 is 1.42 bits per heavy atom. The molecule has 0 unspecified atom stereocenters. The summed E-state index contributed by atoms with van der Waals surface area (Å²) in [7, 11) is -1.47. The minimum absolute atomic E-state index is 0.139. The van der Waals surface area contributed by atoms with Crippen LogP contribution in [0.2, 0.25) is 0 Å². The molecule has 1 rings (SSSR count). The van der Waals surface area contributed by atoms with Crippen molar-refractivity contribution in [2.45, 2.75) is 13.3 Å². The summed E-state index contributed by atoms with van der Waals surface area (Å²) < 4.78 is 24.4. The molecule has 0 radical (unpaired) electrons. The maximum absolute atomic E-state index is 11.5. The molecule has 112 valence electrons. The van der Waals surface area contributed by atoms with E-state index in [1.54, 1.807) is 14.0 Å². The highest BCUT2D eigenvalue weighted by Gasteiger charge is 2.14. The Morgan fingerprint density at radius 3 is 2.63 bits per heavy atom. The Bertz CT molecular complexity index is 391. The fourth-order valence-electron chi connectivity index (χ4n) is 1.74. The lowest BCUT2D eigenvalue weighted by molar-refractivity contribution is 0.450. The van der Waals surface area contributed by atoms with Crippen molar-refractivity contribution in [3.8, 4) is 0 Å². The number of sulfonamides is 1. The number of guanidine groups is 1. The molecular formula is C11H24N4O2S2. The maximum Gasteiger partial charge on any atom is 0.213 e. The van der Waals surface area contributed by atoms with Crippen LogP contribution in [-0.2, 0) is 10.0 Å². The van der Waals surface area contributed by atoms with Crippen molar-refractivity contribution in [1.29, 1.82) is 0 Å². The molecule has 0 saturated carbocycles. The Labute approximate surface area is 120 Å². The first kappa shape index (κ1) is 16.6. The standard InChI is InChI=1S/C11H24N4O2S2/c1-3-19(16,17)14(2)6-4-5-13-11(12)15-7-9-18-10-8-15/h3-10H2,1-2H3,(H2,12,13). The summed E-state index contributed by atoms with van der Waals surface area (Å²) in [5.74, 6) is 2.91. The highest BCUT2D eigenvalue weighted by molar-refractivity contribution is 7.99. The second-order valence-electron chi connectivity index (χ2n) is 4.41.